The summed E-state index contributed by atoms with van der Waals surface area (Å²) in [6.07, 6.45) is 1.16. The third kappa shape index (κ3) is 2.45. The Bertz CT molecular complexity index is 478. The minimum Gasteiger partial charge on any atom is -0.387 e. The van der Waals surface area contributed by atoms with Crippen LogP contribution in [0.3, 0.4) is 0 Å². The Morgan fingerprint density at radius 2 is 2.31 bits per heavy atom. The molecule has 0 saturated heterocycles. The molecular weight excluding hydrogens is 295 g/mol. The number of aliphatic hydroxyl groups is 1. The van der Waals surface area contributed by atoms with E-state index in [1.165, 1.54) is 12.3 Å². The molecule has 1 aromatic carbocycles. The summed E-state index contributed by atoms with van der Waals surface area (Å²) in [5.74, 6) is -0.327. The van der Waals surface area contributed by atoms with E-state index in [9.17, 15) is 9.50 Å². The van der Waals surface area contributed by atoms with Crippen LogP contribution < -0.4 is 0 Å². The highest BCUT2D eigenvalue weighted by Gasteiger charge is 2.14. The van der Waals surface area contributed by atoms with Crippen molar-refractivity contribution < 1.29 is 9.50 Å². The molecule has 0 bridgehead atoms. The van der Waals surface area contributed by atoms with E-state index in [0.29, 0.717) is 15.8 Å². The van der Waals surface area contributed by atoms with Gasteiger partial charge in [-0.05, 0) is 39.1 Å². The van der Waals surface area contributed by atoms with Crippen LogP contribution in [0.2, 0.25) is 0 Å². The molecule has 0 aliphatic heterocycles. The van der Waals surface area contributed by atoms with Gasteiger partial charge in [0.25, 0.3) is 0 Å². The molecule has 0 saturated carbocycles. The lowest BCUT2D eigenvalue weighted by Crippen LogP contribution is -2.01. The van der Waals surface area contributed by atoms with Crippen molar-refractivity contribution in [2.24, 2.45) is 0 Å². The first-order chi connectivity index (χ1) is 7.68. The molecule has 3 nitrogen and oxygen atoms in total. The number of nitrogens with zero attached hydrogens (tertiary/aromatic N) is 2. The summed E-state index contributed by atoms with van der Waals surface area (Å²) in [6, 6.07) is 4.76. The highest BCUT2D eigenvalue weighted by atomic mass is 79.9. The molecule has 2 rings (SSSR count). The second-order valence-corrected chi connectivity index (χ2v) is 4.86. The Labute approximate surface area is 104 Å². The number of halogens is 2. The fourth-order valence-corrected chi connectivity index (χ4v) is 2.25. The maximum Gasteiger partial charge on any atom is 0.137 e. The van der Waals surface area contributed by atoms with Gasteiger partial charge in [0.1, 0.15) is 5.82 Å². The lowest BCUT2D eigenvalue weighted by Gasteiger charge is -2.09. The standard InChI is InChI=1S/C10H8BrFN2OS/c11-10-6(2-1-3-7(10)12)4-8(15)9-5-13-14-16-9/h1-3,5,8,15H,4H2. The molecule has 0 amide bonds. The van der Waals surface area contributed by atoms with E-state index in [-0.39, 0.29) is 5.82 Å². The highest BCUT2D eigenvalue weighted by Crippen LogP contribution is 2.26. The zero-order valence-corrected chi connectivity index (χ0v) is 10.5. The third-order valence-corrected chi connectivity index (χ3v) is 3.80. The summed E-state index contributed by atoms with van der Waals surface area (Å²) in [5.41, 5.74) is 0.723. The zero-order chi connectivity index (χ0) is 11.5. The van der Waals surface area contributed by atoms with Crippen LogP contribution in [0.5, 0.6) is 0 Å². The van der Waals surface area contributed by atoms with Crippen molar-refractivity contribution in [2.75, 3.05) is 0 Å². The van der Waals surface area contributed by atoms with Crippen LogP contribution in [0, 0.1) is 5.82 Å². The van der Waals surface area contributed by atoms with Crippen molar-refractivity contribution >= 4 is 27.5 Å². The minimum atomic E-state index is -0.696. The minimum absolute atomic E-state index is 0.327. The van der Waals surface area contributed by atoms with E-state index in [1.54, 1.807) is 12.1 Å². The van der Waals surface area contributed by atoms with Crippen molar-refractivity contribution in [2.45, 2.75) is 12.5 Å². The summed E-state index contributed by atoms with van der Waals surface area (Å²) >= 11 is 4.30. The van der Waals surface area contributed by atoms with Gasteiger partial charge in [0.15, 0.2) is 0 Å². The quantitative estimate of drug-likeness (QED) is 0.948. The number of aliphatic hydroxyl groups excluding tert-OH is 1. The van der Waals surface area contributed by atoms with E-state index in [1.807, 2.05) is 0 Å². The Morgan fingerprint density at radius 1 is 1.50 bits per heavy atom. The molecule has 1 aromatic heterocycles. The largest absolute Gasteiger partial charge is 0.387 e. The number of hydrogen-bond donors (Lipinski definition) is 1. The SMILES string of the molecule is OC(Cc1cccc(F)c1Br)c1cnns1. The van der Waals surface area contributed by atoms with E-state index in [4.69, 9.17) is 0 Å². The molecule has 0 radical (unpaired) electrons. The van der Waals surface area contributed by atoms with E-state index >= 15 is 0 Å². The topological polar surface area (TPSA) is 46.0 Å². The molecule has 1 N–H and O–H groups in total. The number of rotatable bonds is 3. The van der Waals surface area contributed by atoms with E-state index in [0.717, 1.165) is 17.1 Å². The van der Waals surface area contributed by atoms with Crippen molar-refractivity contribution in [3.05, 3.63) is 45.1 Å². The monoisotopic (exact) mass is 302 g/mol. The Balaban J connectivity index is 2.18. The summed E-state index contributed by atoms with van der Waals surface area (Å²) in [6.45, 7) is 0. The van der Waals surface area contributed by atoms with Gasteiger partial charge < -0.3 is 5.11 Å². The molecule has 16 heavy (non-hydrogen) atoms. The molecule has 1 atom stereocenters. The number of aromatic nitrogens is 2. The highest BCUT2D eigenvalue weighted by molar-refractivity contribution is 9.10. The van der Waals surface area contributed by atoms with Crippen LogP contribution in [0.1, 0.15) is 16.5 Å². The van der Waals surface area contributed by atoms with E-state index < -0.39 is 6.10 Å². The molecule has 6 heteroatoms. The van der Waals surface area contributed by atoms with Crippen LogP contribution in [-0.2, 0) is 6.42 Å². The third-order valence-electron chi connectivity index (χ3n) is 2.15. The first kappa shape index (κ1) is 11.6. The van der Waals surface area contributed by atoms with Gasteiger partial charge in [-0.1, -0.05) is 16.6 Å². The van der Waals surface area contributed by atoms with Gasteiger partial charge in [-0.25, -0.2) is 4.39 Å². The van der Waals surface area contributed by atoms with Gasteiger partial charge in [-0.2, -0.15) is 0 Å². The first-order valence-electron chi connectivity index (χ1n) is 4.56. The van der Waals surface area contributed by atoms with Crippen LogP contribution in [-0.4, -0.2) is 14.7 Å². The van der Waals surface area contributed by atoms with Crippen molar-refractivity contribution in [3.8, 4) is 0 Å². The van der Waals surface area contributed by atoms with Crippen LogP contribution in [0.4, 0.5) is 4.39 Å². The molecule has 0 spiro atoms. The van der Waals surface area contributed by atoms with Crippen molar-refractivity contribution in [1.82, 2.24) is 9.59 Å². The molecule has 1 unspecified atom stereocenters. The van der Waals surface area contributed by atoms with Crippen LogP contribution in [0.15, 0.2) is 28.9 Å². The van der Waals surface area contributed by atoms with Gasteiger partial charge in [0, 0.05) is 6.42 Å². The summed E-state index contributed by atoms with van der Waals surface area (Å²) in [7, 11) is 0. The zero-order valence-electron chi connectivity index (χ0n) is 8.10. The van der Waals surface area contributed by atoms with Crippen LogP contribution >= 0.6 is 27.5 Å². The van der Waals surface area contributed by atoms with Crippen molar-refractivity contribution in [3.63, 3.8) is 0 Å². The maximum absolute atomic E-state index is 13.2. The number of hydrogen-bond acceptors (Lipinski definition) is 4. The molecule has 1 heterocycles. The summed E-state index contributed by atoms with van der Waals surface area (Å²) in [5, 5.41) is 13.5. The second kappa shape index (κ2) is 4.99. The molecule has 0 aliphatic carbocycles. The molecular formula is C10H8BrFN2OS. The van der Waals surface area contributed by atoms with Gasteiger partial charge in [0.05, 0.1) is 21.7 Å². The smallest absolute Gasteiger partial charge is 0.137 e. The van der Waals surface area contributed by atoms with Gasteiger partial charge in [0.2, 0.25) is 0 Å². The fraction of sp³-hybridized carbons (Fsp3) is 0.200. The predicted octanol–water partition coefficient (Wildman–Crippen LogP) is 2.72. The Kier molecular flexibility index (Phi) is 3.63. The normalized spacial score (nSPS) is 12.7. The summed E-state index contributed by atoms with van der Waals surface area (Å²) < 4.78 is 17.3. The summed E-state index contributed by atoms with van der Waals surface area (Å²) in [4.78, 5) is 0.677. The average molecular weight is 303 g/mol. The van der Waals surface area contributed by atoms with Gasteiger partial charge in [-0.15, -0.1) is 5.10 Å². The van der Waals surface area contributed by atoms with Gasteiger partial charge in [-0.3, -0.25) is 0 Å². The lowest BCUT2D eigenvalue weighted by molar-refractivity contribution is 0.181. The maximum atomic E-state index is 13.2. The first-order valence-corrected chi connectivity index (χ1v) is 6.13. The Hall–Kier alpha value is -0.850. The molecule has 0 fully saturated rings. The second-order valence-electron chi connectivity index (χ2n) is 3.25. The van der Waals surface area contributed by atoms with Crippen molar-refractivity contribution in [1.29, 1.82) is 0 Å². The van der Waals surface area contributed by atoms with E-state index in [2.05, 4.69) is 25.5 Å². The molecule has 0 aliphatic rings. The fourth-order valence-electron chi connectivity index (χ4n) is 1.34. The Morgan fingerprint density at radius 3 is 3.00 bits per heavy atom. The lowest BCUT2D eigenvalue weighted by atomic mass is 10.1. The average Bonchev–Trinajstić information content (AvgIpc) is 2.78. The molecule has 84 valence electrons. The number of benzene rings is 1. The van der Waals surface area contributed by atoms with Gasteiger partial charge >= 0.3 is 0 Å². The predicted molar refractivity (Wildman–Crippen MR) is 62.7 cm³/mol. The molecule has 2 aromatic rings. The van der Waals surface area contributed by atoms with Crippen LogP contribution in [0.25, 0.3) is 0 Å².